The number of nitrogens with zero attached hydrogens (tertiary/aromatic N) is 2. The van der Waals surface area contributed by atoms with E-state index < -0.39 is 0 Å². The van der Waals surface area contributed by atoms with Gasteiger partial charge in [-0.15, -0.1) is 0 Å². The van der Waals surface area contributed by atoms with Gasteiger partial charge in [0.15, 0.2) is 0 Å². The van der Waals surface area contributed by atoms with Crippen molar-refractivity contribution in [2.24, 2.45) is 5.84 Å². The third-order valence-corrected chi connectivity index (χ3v) is 2.14. The van der Waals surface area contributed by atoms with Crippen molar-refractivity contribution >= 4 is 0 Å². The maximum absolute atomic E-state index is 5.61. The van der Waals surface area contributed by atoms with Crippen LogP contribution in [-0.4, -0.2) is 42.3 Å². The fourth-order valence-electron chi connectivity index (χ4n) is 1.50. The molecule has 0 aliphatic carbocycles. The molecule has 1 fully saturated rings. The van der Waals surface area contributed by atoms with Crippen LogP contribution in [0.1, 0.15) is 0 Å². The average Bonchev–Trinajstić information content (AvgIpc) is 2.04. The molecule has 2 aliphatic heterocycles. The molecule has 0 radical (unpaired) electrons. The van der Waals surface area contributed by atoms with Crippen LogP contribution < -0.4 is 5.84 Å². The van der Waals surface area contributed by atoms with Gasteiger partial charge in [-0.05, 0) is 0 Å². The zero-order valence-electron chi connectivity index (χ0n) is 6.44. The van der Waals surface area contributed by atoms with E-state index in [9.17, 15) is 0 Å². The number of hydrogen-bond donors (Lipinski definition) is 1. The van der Waals surface area contributed by atoms with Crippen LogP contribution >= 0.6 is 0 Å². The van der Waals surface area contributed by atoms with Gasteiger partial charge >= 0.3 is 0 Å². The van der Waals surface area contributed by atoms with Gasteiger partial charge in [0.2, 0.25) is 0 Å². The summed E-state index contributed by atoms with van der Waals surface area (Å²) in [5.41, 5.74) is 0. The first-order valence-electron chi connectivity index (χ1n) is 3.89. The predicted molar refractivity (Wildman–Crippen MR) is 41.3 cm³/mol. The monoisotopic (exact) mass is 155 g/mol. The third-order valence-electron chi connectivity index (χ3n) is 2.14. The summed E-state index contributed by atoms with van der Waals surface area (Å²) in [7, 11) is 0. The summed E-state index contributed by atoms with van der Waals surface area (Å²) in [6.07, 6.45) is 3.94. The van der Waals surface area contributed by atoms with Gasteiger partial charge in [0.05, 0.1) is 25.8 Å². The molecule has 1 saturated heterocycles. The Morgan fingerprint density at radius 1 is 1.45 bits per heavy atom. The highest BCUT2D eigenvalue weighted by Crippen LogP contribution is 2.11. The molecule has 2 N–H and O–H groups in total. The maximum atomic E-state index is 5.61. The Hall–Kier alpha value is -0.740. The van der Waals surface area contributed by atoms with Crippen molar-refractivity contribution in [2.75, 3.05) is 26.3 Å². The summed E-state index contributed by atoms with van der Waals surface area (Å²) in [4.78, 5) is 2.28. The largest absolute Gasteiger partial charge is 0.377 e. The fraction of sp³-hybridized carbons (Fsp3) is 0.714. The molecule has 0 unspecified atom stereocenters. The van der Waals surface area contributed by atoms with Crippen LogP contribution in [0.2, 0.25) is 0 Å². The number of ether oxygens (including phenoxy) is 1. The summed E-state index contributed by atoms with van der Waals surface area (Å²) in [5.74, 6) is 5.61. The van der Waals surface area contributed by atoms with Crippen LogP contribution in [0.5, 0.6) is 0 Å². The molecule has 4 nitrogen and oxygen atoms in total. The van der Waals surface area contributed by atoms with E-state index >= 15 is 0 Å². The van der Waals surface area contributed by atoms with Gasteiger partial charge in [-0.25, -0.2) is 5.84 Å². The number of hydrazine groups is 1. The number of nitrogens with two attached hydrogens (primary N) is 1. The lowest BCUT2D eigenvalue weighted by Crippen LogP contribution is -2.52. The molecule has 0 saturated carbocycles. The summed E-state index contributed by atoms with van der Waals surface area (Å²) >= 11 is 0. The quantitative estimate of drug-likeness (QED) is 0.472. The van der Waals surface area contributed by atoms with Crippen molar-refractivity contribution in [2.45, 2.75) is 6.04 Å². The average molecular weight is 155 g/mol. The molecule has 62 valence electrons. The fourth-order valence-corrected chi connectivity index (χ4v) is 1.50. The molecule has 0 aromatic heterocycles. The van der Waals surface area contributed by atoms with Gasteiger partial charge in [-0.2, -0.15) is 0 Å². The normalized spacial score (nSPS) is 30.5. The Morgan fingerprint density at radius 2 is 2.36 bits per heavy atom. The lowest BCUT2D eigenvalue weighted by atomic mass is 10.2. The van der Waals surface area contributed by atoms with E-state index in [4.69, 9.17) is 10.6 Å². The van der Waals surface area contributed by atoms with Crippen LogP contribution in [0, 0.1) is 0 Å². The molecular weight excluding hydrogens is 142 g/mol. The SMILES string of the molecule is NN1C=CN2CCOC[C@H]2C1. The smallest absolute Gasteiger partial charge is 0.0710 e. The molecule has 1 atom stereocenters. The van der Waals surface area contributed by atoms with Gasteiger partial charge in [0, 0.05) is 18.9 Å². The predicted octanol–water partition coefficient (Wildman–Crippen LogP) is -0.652. The van der Waals surface area contributed by atoms with Crippen LogP contribution in [0.25, 0.3) is 0 Å². The van der Waals surface area contributed by atoms with Crippen molar-refractivity contribution in [3.8, 4) is 0 Å². The van der Waals surface area contributed by atoms with E-state index in [0.717, 1.165) is 26.3 Å². The van der Waals surface area contributed by atoms with Gasteiger partial charge in [0.1, 0.15) is 0 Å². The molecule has 2 aliphatic rings. The lowest BCUT2D eigenvalue weighted by molar-refractivity contribution is -0.000887. The van der Waals surface area contributed by atoms with Crippen molar-refractivity contribution in [1.29, 1.82) is 0 Å². The minimum Gasteiger partial charge on any atom is -0.377 e. The minimum atomic E-state index is 0.457. The Morgan fingerprint density at radius 3 is 3.27 bits per heavy atom. The van der Waals surface area contributed by atoms with Gasteiger partial charge in [0.25, 0.3) is 0 Å². The van der Waals surface area contributed by atoms with Gasteiger partial charge in [-0.1, -0.05) is 0 Å². The van der Waals surface area contributed by atoms with E-state index in [-0.39, 0.29) is 0 Å². The van der Waals surface area contributed by atoms with Crippen molar-refractivity contribution < 1.29 is 4.74 Å². The first kappa shape index (κ1) is 6.94. The van der Waals surface area contributed by atoms with Crippen molar-refractivity contribution in [1.82, 2.24) is 9.91 Å². The summed E-state index contributed by atoms with van der Waals surface area (Å²) in [5, 5.41) is 1.70. The van der Waals surface area contributed by atoms with Gasteiger partial charge < -0.3 is 14.6 Å². The number of hydrogen-bond acceptors (Lipinski definition) is 4. The highest BCUT2D eigenvalue weighted by Gasteiger charge is 2.23. The Balaban J connectivity index is 2.05. The highest BCUT2D eigenvalue weighted by atomic mass is 16.5. The van der Waals surface area contributed by atoms with E-state index in [0.29, 0.717) is 6.04 Å². The Kier molecular flexibility index (Phi) is 1.71. The van der Waals surface area contributed by atoms with Crippen molar-refractivity contribution in [3.63, 3.8) is 0 Å². The lowest BCUT2D eigenvalue weighted by Gasteiger charge is -2.39. The molecule has 4 heteroatoms. The molecule has 0 aromatic carbocycles. The van der Waals surface area contributed by atoms with Crippen LogP contribution in [0.3, 0.4) is 0 Å². The van der Waals surface area contributed by atoms with E-state index in [1.54, 1.807) is 5.01 Å². The molecule has 0 spiro atoms. The second-order valence-electron chi connectivity index (χ2n) is 2.96. The topological polar surface area (TPSA) is 41.7 Å². The summed E-state index contributed by atoms with van der Waals surface area (Å²) in [6, 6.07) is 0.457. The summed E-state index contributed by atoms with van der Waals surface area (Å²) < 4.78 is 5.33. The minimum absolute atomic E-state index is 0.457. The Bertz CT molecular complexity index is 171. The van der Waals surface area contributed by atoms with Crippen molar-refractivity contribution in [3.05, 3.63) is 12.4 Å². The Labute approximate surface area is 66.2 Å². The molecular formula is C7H13N3O. The number of morpholine rings is 1. The summed E-state index contributed by atoms with van der Waals surface area (Å²) in [6.45, 7) is 3.51. The molecule has 0 amide bonds. The first-order valence-corrected chi connectivity index (χ1v) is 3.89. The van der Waals surface area contributed by atoms with E-state index in [1.165, 1.54) is 0 Å². The standard InChI is InChI=1S/C7H13N3O/c8-10-2-1-9-3-4-11-6-7(9)5-10/h1-2,7H,3-6,8H2/t7-/m1/s1. The second-order valence-corrected chi connectivity index (χ2v) is 2.96. The number of fused-ring (bicyclic) bond motifs is 1. The van der Waals surface area contributed by atoms with Gasteiger partial charge in [-0.3, -0.25) is 0 Å². The molecule has 2 rings (SSSR count). The molecule has 0 aromatic rings. The third kappa shape index (κ3) is 1.32. The first-order chi connectivity index (χ1) is 5.36. The highest BCUT2D eigenvalue weighted by molar-refractivity contribution is 4.94. The van der Waals surface area contributed by atoms with Crippen LogP contribution in [-0.2, 0) is 4.74 Å². The van der Waals surface area contributed by atoms with E-state index in [1.807, 2.05) is 12.4 Å². The second kappa shape index (κ2) is 2.71. The van der Waals surface area contributed by atoms with Crippen LogP contribution in [0.4, 0.5) is 0 Å². The molecule has 0 bridgehead atoms. The zero-order valence-corrected chi connectivity index (χ0v) is 6.44. The molecule has 2 heterocycles. The van der Waals surface area contributed by atoms with Crippen LogP contribution in [0.15, 0.2) is 12.4 Å². The van der Waals surface area contributed by atoms with E-state index in [2.05, 4.69) is 4.90 Å². The molecule has 11 heavy (non-hydrogen) atoms. The number of rotatable bonds is 0. The maximum Gasteiger partial charge on any atom is 0.0710 e. The zero-order chi connectivity index (χ0) is 7.68.